The molecule has 0 amide bonds. The van der Waals surface area contributed by atoms with E-state index in [1.807, 2.05) is 11.0 Å². The molecule has 1 saturated heterocycles. The summed E-state index contributed by atoms with van der Waals surface area (Å²) < 4.78 is 76.5. The van der Waals surface area contributed by atoms with Gasteiger partial charge in [-0.1, -0.05) is 41.9 Å². The van der Waals surface area contributed by atoms with Gasteiger partial charge >= 0.3 is 12.1 Å². The number of ether oxygens (including phenoxy) is 1. The number of carboxylic acid groups (broad SMARTS) is 1. The predicted molar refractivity (Wildman–Crippen MR) is 201 cm³/mol. The number of benzene rings is 2. The molecule has 7 rings (SSSR count). The standard InChI is InChI=1S/C38H37ClF5N9O4/c1-52(18-29(55)56)17-28-37(57-2)51-35(32(46-28)38(42,43)44)47-25-10-9-22-21(5-3-6-23(22)25)24-7-4-8-26(30(24)39)48-34-31-27(49-36(50-34)33(40)41)13-19(14-45-31)15-53-12-11-20(54)16-53/h3-8,13-14,20,25,33,54H,9-12,15-18H2,1-2H3,(H,47,51)(H,55,56)(H,48,49,50)/t20-,25+/m1/s1. The number of halogens is 6. The smallest absolute Gasteiger partial charge is 0.437 e. The average Bonchev–Trinajstić information content (AvgIpc) is 3.76. The maximum atomic E-state index is 14.4. The van der Waals surface area contributed by atoms with Gasteiger partial charge in [-0.3, -0.25) is 19.6 Å². The Balaban J connectivity index is 1.18. The van der Waals surface area contributed by atoms with E-state index in [0.29, 0.717) is 55.7 Å². The Morgan fingerprint density at radius 3 is 2.56 bits per heavy atom. The summed E-state index contributed by atoms with van der Waals surface area (Å²) in [4.78, 5) is 35.1. The Morgan fingerprint density at radius 1 is 1.09 bits per heavy atom. The summed E-state index contributed by atoms with van der Waals surface area (Å²) in [5.41, 5.74) is 2.97. The first-order chi connectivity index (χ1) is 27.2. The quantitative estimate of drug-likeness (QED) is 0.0899. The second-order valence-corrected chi connectivity index (χ2v) is 14.3. The van der Waals surface area contributed by atoms with Crippen LogP contribution in [0.4, 0.5) is 39.3 Å². The van der Waals surface area contributed by atoms with Gasteiger partial charge in [-0.25, -0.2) is 23.7 Å². The summed E-state index contributed by atoms with van der Waals surface area (Å²) >= 11 is 7.02. The molecule has 300 valence electrons. The third-order valence-electron chi connectivity index (χ3n) is 9.80. The SMILES string of the molecule is COc1nc(N[C@H]2CCc3c(-c4cccc(Nc5nc(C(F)F)nc6cc(CN7CC[C@@H](O)C7)cnc56)c4Cl)cccc32)c(C(F)(F)F)nc1CN(C)CC(=O)O. The molecule has 1 aliphatic heterocycles. The summed E-state index contributed by atoms with van der Waals surface area (Å²) in [6, 6.07) is 11.7. The van der Waals surface area contributed by atoms with Crippen LogP contribution in [0.15, 0.2) is 48.7 Å². The molecule has 0 spiro atoms. The lowest BCUT2D eigenvalue weighted by Crippen LogP contribution is -2.27. The molecule has 0 radical (unpaired) electrons. The molecule has 0 saturated carbocycles. The maximum Gasteiger partial charge on any atom is 0.437 e. The van der Waals surface area contributed by atoms with E-state index >= 15 is 0 Å². The minimum absolute atomic E-state index is 0.0246. The number of nitrogens with one attached hydrogen (secondary N) is 2. The highest BCUT2D eigenvalue weighted by molar-refractivity contribution is 6.36. The van der Waals surface area contributed by atoms with Gasteiger partial charge in [-0.05, 0) is 60.7 Å². The zero-order chi connectivity index (χ0) is 40.6. The number of aliphatic hydroxyl groups is 1. The molecule has 0 bridgehead atoms. The molecular weight excluding hydrogens is 777 g/mol. The Kier molecular flexibility index (Phi) is 11.4. The summed E-state index contributed by atoms with van der Waals surface area (Å²) in [5, 5.41) is 25.3. The van der Waals surface area contributed by atoms with Crippen molar-refractivity contribution in [1.29, 1.82) is 0 Å². The molecule has 2 aliphatic rings. The Labute approximate surface area is 327 Å². The number of β-amino-alcohol motifs (C(OH)–C–C–N with tert-alkyl or cyclic N) is 1. The second-order valence-electron chi connectivity index (χ2n) is 14.0. The fourth-order valence-electron chi connectivity index (χ4n) is 7.31. The van der Waals surface area contributed by atoms with Crippen LogP contribution in [0.2, 0.25) is 5.02 Å². The van der Waals surface area contributed by atoms with Crippen LogP contribution in [0.5, 0.6) is 5.88 Å². The van der Waals surface area contributed by atoms with Crippen LogP contribution in [-0.4, -0.2) is 90.8 Å². The Hall–Kier alpha value is -5.30. The monoisotopic (exact) mass is 813 g/mol. The van der Waals surface area contributed by atoms with Crippen molar-refractivity contribution in [1.82, 2.24) is 34.7 Å². The first-order valence-electron chi connectivity index (χ1n) is 17.9. The van der Waals surface area contributed by atoms with E-state index in [4.69, 9.17) is 21.4 Å². The van der Waals surface area contributed by atoms with Crippen molar-refractivity contribution in [3.63, 3.8) is 0 Å². The molecular formula is C38H37ClF5N9O4. The number of carbonyl (C=O) groups is 1. The minimum atomic E-state index is -4.90. The van der Waals surface area contributed by atoms with E-state index < -0.39 is 54.6 Å². The molecule has 4 N–H and O–H groups in total. The van der Waals surface area contributed by atoms with Crippen molar-refractivity contribution >= 4 is 45.9 Å². The molecule has 5 aromatic rings. The minimum Gasteiger partial charge on any atom is -0.480 e. The normalized spacial score (nSPS) is 17.1. The average molecular weight is 814 g/mol. The molecule has 3 aromatic heterocycles. The van der Waals surface area contributed by atoms with Crippen LogP contribution in [0.1, 0.15) is 59.2 Å². The fourth-order valence-corrected chi connectivity index (χ4v) is 7.59. The van der Waals surface area contributed by atoms with Gasteiger partial charge in [0.05, 0.1) is 42.0 Å². The van der Waals surface area contributed by atoms with Gasteiger partial charge in [0.2, 0.25) is 5.88 Å². The topological polar surface area (TPSA) is 162 Å². The molecule has 1 aliphatic carbocycles. The van der Waals surface area contributed by atoms with Gasteiger partial charge in [0.1, 0.15) is 11.2 Å². The zero-order valence-corrected chi connectivity index (χ0v) is 31.4. The lowest BCUT2D eigenvalue weighted by atomic mass is 9.96. The molecule has 19 heteroatoms. The van der Waals surface area contributed by atoms with Gasteiger partial charge in [0.25, 0.3) is 6.43 Å². The Morgan fingerprint density at radius 2 is 1.86 bits per heavy atom. The number of nitrogens with zero attached hydrogens (tertiary/aromatic N) is 7. The number of methoxy groups -OCH3 is 1. The lowest BCUT2D eigenvalue weighted by molar-refractivity contribution is -0.141. The number of likely N-dealkylation sites (tertiary alicyclic amines) is 1. The van der Waals surface area contributed by atoms with Crippen molar-refractivity contribution < 1.29 is 41.7 Å². The number of likely N-dealkylation sites (N-methyl/N-ethyl adjacent to an activating group) is 1. The van der Waals surface area contributed by atoms with Crippen LogP contribution in [-0.2, 0) is 30.5 Å². The lowest BCUT2D eigenvalue weighted by Gasteiger charge is -2.22. The van der Waals surface area contributed by atoms with Crippen LogP contribution in [0.25, 0.3) is 22.2 Å². The van der Waals surface area contributed by atoms with E-state index in [2.05, 4.69) is 35.6 Å². The molecule has 1 fully saturated rings. The molecule has 13 nitrogen and oxygen atoms in total. The number of rotatable bonds is 13. The van der Waals surface area contributed by atoms with E-state index in [0.717, 1.165) is 16.7 Å². The van der Waals surface area contributed by atoms with Gasteiger partial charge in [-0.2, -0.15) is 18.2 Å². The number of aliphatic carboxylic acids is 1. The number of pyridine rings is 1. The number of carboxylic acids is 1. The van der Waals surface area contributed by atoms with Crippen LogP contribution < -0.4 is 15.4 Å². The number of aliphatic hydroxyl groups excluding tert-OH is 1. The summed E-state index contributed by atoms with van der Waals surface area (Å²) in [7, 11) is 2.67. The number of aromatic nitrogens is 5. The number of hydrogen-bond acceptors (Lipinski definition) is 12. The van der Waals surface area contributed by atoms with E-state index in [1.54, 1.807) is 42.6 Å². The van der Waals surface area contributed by atoms with E-state index in [-0.39, 0.29) is 40.0 Å². The number of hydrogen-bond donors (Lipinski definition) is 4. The van der Waals surface area contributed by atoms with Crippen molar-refractivity contribution in [3.8, 4) is 17.0 Å². The van der Waals surface area contributed by atoms with Crippen molar-refractivity contribution in [2.75, 3.05) is 44.4 Å². The summed E-state index contributed by atoms with van der Waals surface area (Å²) in [5.74, 6) is -2.54. The molecule has 0 unspecified atom stereocenters. The first kappa shape index (κ1) is 39.9. The number of alkyl halides is 5. The molecule has 2 aromatic carbocycles. The van der Waals surface area contributed by atoms with Crippen LogP contribution in [0, 0.1) is 0 Å². The van der Waals surface area contributed by atoms with Crippen molar-refractivity contribution in [2.24, 2.45) is 0 Å². The second kappa shape index (κ2) is 16.3. The van der Waals surface area contributed by atoms with Gasteiger partial charge in [0.15, 0.2) is 23.2 Å². The van der Waals surface area contributed by atoms with Gasteiger partial charge < -0.3 is 25.6 Å². The van der Waals surface area contributed by atoms with Crippen LogP contribution >= 0.6 is 11.6 Å². The number of fused-ring (bicyclic) bond motifs is 2. The summed E-state index contributed by atoms with van der Waals surface area (Å²) in [6.45, 7) is 0.981. The third kappa shape index (κ3) is 8.68. The van der Waals surface area contributed by atoms with Crippen molar-refractivity contribution in [2.45, 2.75) is 57.1 Å². The third-order valence-corrected chi connectivity index (χ3v) is 10.2. The molecule has 4 heterocycles. The highest BCUT2D eigenvalue weighted by atomic mass is 35.5. The Bertz CT molecular complexity index is 2320. The van der Waals surface area contributed by atoms with Gasteiger partial charge in [0, 0.05) is 37.9 Å². The zero-order valence-electron chi connectivity index (χ0n) is 30.6. The van der Waals surface area contributed by atoms with E-state index in [1.165, 1.54) is 19.1 Å². The molecule has 57 heavy (non-hydrogen) atoms. The highest BCUT2D eigenvalue weighted by Gasteiger charge is 2.39. The molecule has 2 atom stereocenters. The van der Waals surface area contributed by atoms with E-state index in [9.17, 15) is 31.9 Å². The first-order valence-corrected chi connectivity index (χ1v) is 18.3. The van der Waals surface area contributed by atoms with Crippen molar-refractivity contribution in [3.05, 3.63) is 87.6 Å². The predicted octanol–water partition coefficient (Wildman–Crippen LogP) is 7.03. The van der Waals surface area contributed by atoms with Gasteiger partial charge in [-0.15, -0.1) is 0 Å². The fraction of sp³-hybridized carbons (Fsp3) is 0.368. The largest absolute Gasteiger partial charge is 0.480 e. The maximum absolute atomic E-state index is 14.4. The summed E-state index contributed by atoms with van der Waals surface area (Å²) in [6.07, 6.45) is -5.14. The van der Waals surface area contributed by atoms with Crippen LogP contribution in [0.3, 0.4) is 0 Å². The number of anilines is 3. The highest BCUT2D eigenvalue weighted by Crippen LogP contribution is 2.45.